The first kappa shape index (κ1) is 18.7. The van der Waals surface area contributed by atoms with Crippen molar-refractivity contribution in [3.05, 3.63) is 0 Å². The van der Waals surface area contributed by atoms with Crippen molar-refractivity contribution in [1.29, 1.82) is 0 Å². The number of aliphatic imine (C=N–C) groups is 1. The van der Waals surface area contributed by atoms with E-state index in [0.717, 1.165) is 25.6 Å². The highest BCUT2D eigenvalue weighted by atomic mass is 127. The lowest BCUT2D eigenvalue weighted by Crippen LogP contribution is -2.40. The monoisotopic (exact) mass is 359 g/mol. The first-order valence-corrected chi connectivity index (χ1v) is 6.93. The number of halogens is 1. The zero-order valence-electron chi connectivity index (χ0n) is 11.0. The fourth-order valence-electron chi connectivity index (χ4n) is 0.939. The smallest absolute Gasteiger partial charge is 0.191 e. The van der Waals surface area contributed by atoms with Gasteiger partial charge in [0.15, 0.2) is 5.96 Å². The van der Waals surface area contributed by atoms with Gasteiger partial charge in [0.25, 0.3) is 0 Å². The third-order valence-corrected chi connectivity index (χ3v) is 2.89. The zero-order chi connectivity index (χ0) is 11.7. The Balaban J connectivity index is 0. The average molecular weight is 359 g/mol. The molecule has 0 saturated carbocycles. The number of thioether (sulfide) groups is 1. The molecule has 0 aliphatic carbocycles. The van der Waals surface area contributed by atoms with Crippen LogP contribution in [0.3, 0.4) is 0 Å². The second kappa shape index (κ2) is 11.8. The van der Waals surface area contributed by atoms with Crippen LogP contribution in [-0.2, 0) is 0 Å². The van der Waals surface area contributed by atoms with Crippen LogP contribution in [0.2, 0.25) is 0 Å². The molecule has 1 atom stereocenters. The lowest BCUT2D eigenvalue weighted by atomic mass is 10.2. The summed E-state index contributed by atoms with van der Waals surface area (Å²) < 4.78 is 0. The van der Waals surface area contributed by atoms with Gasteiger partial charge in [-0.1, -0.05) is 20.8 Å². The maximum Gasteiger partial charge on any atom is 0.191 e. The van der Waals surface area contributed by atoms with Crippen molar-refractivity contribution in [1.82, 2.24) is 10.6 Å². The van der Waals surface area contributed by atoms with E-state index in [9.17, 15) is 0 Å². The van der Waals surface area contributed by atoms with Crippen molar-refractivity contribution < 1.29 is 0 Å². The second-order valence-corrected chi connectivity index (χ2v) is 5.32. The van der Waals surface area contributed by atoms with E-state index in [4.69, 9.17) is 0 Å². The lowest BCUT2D eigenvalue weighted by molar-refractivity contribution is 0.656. The van der Waals surface area contributed by atoms with Gasteiger partial charge in [-0.25, -0.2) is 0 Å². The van der Waals surface area contributed by atoms with Crippen LogP contribution in [0, 0.1) is 5.92 Å². The van der Waals surface area contributed by atoms with E-state index >= 15 is 0 Å². The molecule has 0 spiro atoms. The van der Waals surface area contributed by atoms with Crippen LogP contribution in [-0.4, -0.2) is 37.1 Å². The predicted molar refractivity (Wildman–Crippen MR) is 87.2 cm³/mol. The SMILES string of the molecule is CCNC(=NCC(C)C)NCC(C)SC.I. The molecule has 3 nitrogen and oxygen atoms in total. The Morgan fingerprint density at radius 3 is 2.31 bits per heavy atom. The number of rotatable bonds is 6. The van der Waals surface area contributed by atoms with Gasteiger partial charge in [0.2, 0.25) is 0 Å². The van der Waals surface area contributed by atoms with Crippen molar-refractivity contribution in [2.75, 3.05) is 25.9 Å². The van der Waals surface area contributed by atoms with Crippen LogP contribution in [0.25, 0.3) is 0 Å². The maximum atomic E-state index is 4.50. The molecule has 98 valence electrons. The summed E-state index contributed by atoms with van der Waals surface area (Å²) in [5.41, 5.74) is 0. The summed E-state index contributed by atoms with van der Waals surface area (Å²) in [7, 11) is 0. The Labute approximate surface area is 122 Å². The van der Waals surface area contributed by atoms with Gasteiger partial charge >= 0.3 is 0 Å². The molecular weight excluding hydrogens is 333 g/mol. The molecule has 0 fully saturated rings. The summed E-state index contributed by atoms with van der Waals surface area (Å²) >= 11 is 1.86. The van der Waals surface area contributed by atoms with Gasteiger partial charge in [0.05, 0.1) is 0 Å². The van der Waals surface area contributed by atoms with E-state index in [0.29, 0.717) is 11.2 Å². The zero-order valence-corrected chi connectivity index (χ0v) is 14.2. The van der Waals surface area contributed by atoms with Crippen LogP contribution in [0.15, 0.2) is 4.99 Å². The molecule has 16 heavy (non-hydrogen) atoms. The Bertz CT molecular complexity index is 186. The van der Waals surface area contributed by atoms with Gasteiger partial charge in [-0.3, -0.25) is 4.99 Å². The van der Waals surface area contributed by atoms with Crippen molar-refractivity contribution >= 4 is 41.7 Å². The van der Waals surface area contributed by atoms with Crippen LogP contribution in [0.5, 0.6) is 0 Å². The minimum atomic E-state index is 0. The normalized spacial score (nSPS) is 13.2. The van der Waals surface area contributed by atoms with Crippen molar-refractivity contribution in [3.63, 3.8) is 0 Å². The minimum Gasteiger partial charge on any atom is -0.357 e. The van der Waals surface area contributed by atoms with Gasteiger partial charge in [-0.05, 0) is 19.1 Å². The first-order chi connectivity index (χ1) is 7.10. The highest BCUT2D eigenvalue weighted by Gasteiger charge is 2.01. The topological polar surface area (TPSA) is 36.4 Å². The Morgan fingerprint density at radius 1 is 1.25 bits per heavy atom. The summed E-state index contributed by atoms with van der Waals surface area (Å²) in [6.45, 7) is 11.4. The molecule has 0 aromatic carbocycles. The van der Waals surface area contributed by atoms with Crippen LogP contribution < -0.4 is 10.6 Å². The standard InChI is InChI=1S/C11H25N3S.HI/c1-6-12-11(13-7-9(2)3)14-8-10(4)15-5;/h9-10H,6-8H2,1-5H3,(H2,12,13,14);1H. The average Bonchev–Trinajstić information content (AvgIpc) is 2.21. The summed E-state index contributed by atoms with van der Waals surface area (Å²) in [4.78, 5) is 4.50. The van der Waals surface area contributed by atoms with Gasteiger partial charge in [-0.15, -0.1) is 24.0 Å². The van der Waals surface area contributed by atoms with Crippen LogP contribution >= 0.6 is 35.7 Å². The highest BCUT2D eigenvalue weighted by molar-refractivity contribution is 14.0. The lowest BCUT2D eigenvalue weighted by Gasteiger charge is -2.14. The van der Waals surface area contributed by atoms with Crippen molar-refractivity contribution in [2.45, 2.75) is 32.9 Å². The molecule has 0 bridgehead atoms. The fraction of sp³-hybridized carbons (Fsp3) is 0.909. The van der Waals surface area contributed by atoms with Crippen LogP contribution in [0.1, 0.15) is 27.7 Å². The summed E-state index contributed by atoms with van der Waals surface area (Å²) in [6.07, 6.45) is 2.13. The summed E-state index contributed by atoms with van der Waals surface area (Å²) in [6, 6.07) is 0. The predicted octanol–water partition coefficient (Wildman–Crippen LogP) is 2.57. The number of nitrogens with zero attached hydrogens (tertiary/aromatic N) is 1. The number of guanidine groups is 1. The molecule has 1 unspecified atom stereocenters. The van der Waals surface area contributed by atoms with E-state index in [1.54, 1.807) is 0 Å². The Kier molecular flexibility index (Phi) is 13.8. The molecule has 0 aliphatic rings. The largest absolute Gasteiger partial charge is 0.357 e. The highest BCUT2D eigenvalue weighted by Crippen LogP contribution is 2.02. The second-order valence-electron chi connectivity index (χ2n) is 4.04. The van der Waals surface area contributed by atoms with E-state index < -0.39 is 0 Å². The third-order valence-electron chi connectivity index (χ3n) is 1.92. The molecule has 0 saturated heterocycles. The molecule has 0 amide bonds. The molecule has 0 aromatic rings. The van der Waals surface area contributed by atoms with E-state index in [1.807, 2.05) is 11.8 Å². The Hall–Kier alpha value is 0.350. The summed E-state index contributed by atoms with van der Waals surface area (Å²) in [5.74, 6) is 1.55. The number of hydrogen-bond acceptors (Lipinski definition) is 2. The quantitative estimate of drug-likeness (QED) is 0.435. The third kappa shape index (κ3) is 10.9. The molecule has 0 heterocycles. The molecular formula is C11H26IN3S. The molecule has 5 heteroatoms. The van der Waals surface area contributed by atoms with E-state index in [1.165, 1.54) is 0 Å². The number of hydrogen-bond donors (Lipinski definition) is 2. The molecule has 0 radical (unpaired) electrons. The van der Waals surface area contributed by atoms with E-state index in [-0.39, 0.29) is 24.0 Å². The van der Waals surface area contributed by atoms with Gasteiger partial charge in [0.1, 0.15) is 0 Å². The fourth-order valence-corrected chi connectivity index (χ4v) is 1.19. The van der Waals surface area contributed by atoms with Crippen molar-refractivity contribution in [2.24, 2.45) is 10.9 Å². The molecule has 0 aliphatic heterocycles. The molecule has 0 aromatic heterocycles. The van der Waals surface area contributed by atoms with Gasteiger partial charge in [-0.2, -0.15) is 11.8 Å². The van der Waals surface area contributed by atoms with E-state index in [2.05, 4.69) is 49.6 Å². The van der Waals surface area contributed by atoms with Crippen molar-refractivity contribution in [3.8, 4) is 0 Å². The number of nitrogens with one attached hydrogen (secondary N) is 2. The summed E-state index contributed by atoms with van der Waals surface area (Å²) in [5, 5.41) is 7.21. The minimum absolute atomic E-state index is 0. The Morgan fingerprint density at radius 2 is 1.88 bits per heavy atom. The maximum absolute atomic E-state index is 4.50. The van der Waals surface area contributed by atoms with Gasteiger partial charge < -0.3 is 10.6 Å². The van der Waals surface area contributed by atoms with Gasteiger partial charge in [0, 0.05) is 24.9 Å². The van der Waals surface area contributed by atoms with Crippen LogP contribution in [0.4, 0.5) is 0 Å². The molecule has 0 rings (SSSR count). The molecule has 2 N–H and O–H groups in total. The first-order valence-electron chi connectivity index (χ1n) is 5.65.